The maximum Gasteiger partial charge on any atom is 0.327 e. The van der Waals surface area contributed by atoms with Crippen molar-refractivity contribution in [2.24, 2.45) is 0 Å². The first kappa shape index (κ1) is 15.2. The summed E-state index contributed by atoms with van der Waals surface area (Å²) in [5, 5.41) is 0. The first-order valence-electron chi connectivity index (χ1n) is 8.18. The lowest BCUT2D eigenvalue weighted by molar-refractivity contribution is -0.137. The molecule has 2 N–H and O–H groups in total. The van der Waals surface area contributed by atoms with Gasteiger partial charge >= 0.3 is 5.97 Å². The van der Waals surface area contributed by atoms with E-state index in [1.54, 1.807) is 6.07 Å². The fourth-order valence-corrected chi connectivity index (χ4v) is 3.60. The fraction of sp³-hybridized carbons (Fsp3) is 0.316. The topological polar surface area (TPSA) is 64.8 Å². The molecule has 124 valence electrons. The SMILES string of the molecule is Nc1ccc2c(c1)OC(=O)C2(CN1CCOCC1)c1ccccc1. The number of carbonyl (C=O) groups excluding carboxylic acids is 1. The Bertz CT molecular complexity index is 756. The number of hydrogen-bond donors (Lipinski definition) is 1. The molecule has 4 rings (SSSR count). The molecule has 0 bridgehead atoms. The molecule has 0 amide bonds. The molecule has 1 atom stereocenters. The summed E-state index contributed by atoms with van der Waals surface area (Å²) in [7, 11) is 0. The van der Waals surface area contributed by atoms with Crippen LogP contribution in [0, 0.1) is 0 Å². The van der Waals surface area contributed by atoms with Gasteiger partial charge in [0.25, 0.3) is 0 Å². The first-order valence-corrected chi connectivity index (χ1v) is 8.18. The molecule has 0 radical (unpaired) electrons. The summed E-state index contributed by atoms with van der Waals surface area (Å²) in [5.74, 6) is 0.331. The maximum absolute atomic E-state index is 13.0. The van der Waals surface area contributed by atoms with Gasteiger partial charge in [0.2, 0.25) is 0 Å². The second-order valence-electron chi connectivity index (χ2n) is 6.30. The summed E-state index contributed by atoms with van der Waals surface area (Å²) >= 11 is 0. The lowest BCUT2D eigenvalue weighted by Gasteiger charge is -2.35. The number of esters is 1. The summed E-state index contributed by atoms with van der Waals surface area (Å²) in [4.78, 5) is 15.3. The van der Waals surface area contributed by atoms with Crippen molar-refractivity contribution in [3.8, 4) is 5.75 Å². The molecule has 5 nitrogen and oxygen atoms in total. The van der Waals surface area contributed by atoms with Gasteiger partial charge in [-0.2, -0.15) is 0 Å². The Morgan fingerprint density at radius 2 is 1.83 bits per heavy atom. The van der Waals surface area contributed by atoms with E-state index in [1.165, 1.54) is 0 Å². The molecule has 0 spiro atoms. The molecule has 1 unspecified atom stereocenters. The maximum atomic E-state index is 13.0. The highest BCUT2D eigenvalue weighted by molar-refractivity contribution is 5.95. The van der Waals surface area contributed by atoms with Crippen LogP contribution in [-0.4, -0.2) is 43.7 Å². The number of anilines is 1. The molecule has 1 fully saturated rings. The second-order valence-corrected chi connectivity index (χ2v) is 6.30. The summed E-state index contributed by atoms with van der Waals surface area (Å²) in [5.41, 5.74) is 7.48. The minimum atomic E-state index is -0.818. The highest BCUT2D eigenvalue weighted by Gasteiger charge is 2.51. The Labute approximate surface area is 141 Å². The molecule has 2 aliphatic heterocycles. The number of nitrogens with zero attached hydrogens (tertiary/aromatic N) is 1. The van der Waals surface area contributed by atoms with E-state index < -0.39 is 5.41 Å². The minimum absolute atomic E-state index is 0.235. The van der Waals surface area contributed by atoms with Crippen molar-refractivity contribution in [3.63, 3.8) is 0 Å². The van der Waals surface area contributed by atoms with E-state index in [0.29, 0.717) is 31.2 Å². The second kappa shape index (κ2) is 5.92. The van der Waals surface area contributed by atoms with Crippen LogP contribution in [0.4, 0.5) is 5.69 Å². The highest BCUT2D eigenvalue weighted by Crippen LogP contribution is 2.45. The fourth-order valence-electron chi connectivity index (χ4n) is 3.60. The zero-order valence-corrected chi connectivity index (χ0v) is 13.4. The Morgan fingerprint density at radius 3 is 2.58 bits per heavy atom. The van der Waals surface area contributed by atoms with E-state index in [-0.39, 0.29) is 5.97 Å². The van der Waals surface area contributed by atoms with Crippen LogP contribution in [0.2, 0.25) is 0 Å². The molecule has 0 aromatic heterocycles. The van der Waals surface area contributed by atoms with Gasteiger partial charge in [-0.1, -0.05) is 36.4 Å². The summed E-state index contributed by atoms with van der Waals surface area (Å²) < 4.78 is 11.1. The zero-order chi connectivity index (χ0) is 16.6. The molecule has 2 heterocycles. The van der Waals surface area contributed by atoms with Crippen molar-refractivity contribution in [1.29, 1.82) is 0 Å². The van der Waals surface area contributed by atoms with Crippen molar-refractivity contribution >= 4 is 11.7 Å². The van der Waals surface area contributed by atoms with Crippen LogP contribution in [0.5, 0.6) is 5.75 Å². The quantitative estimate of drug-likeness (QED) is 0.530. The zero-order valence-electron chi connectivity index (χ0n) is 13.4. The van der Waals surface area contributed by atoms with Gasteiger partial charge in [-0.25, -0.2) is 0 Å². The largest absolute Gasteiger partial charge is 0.425 e. The van der Waals surface area contributed by atoms with Crippen molar-refractivity contribution < 1.29 is 14.3 Å². The van der Waals surface area contributed by atoms with Crippen molar-refractivity contribution in [2.75, 3.05) is 38.6 Å². The van der Waals surface area contributed by atoms with Gasteiger partial charge in [0.15, 0.2) is 0 Å². The number of rotatable bonds is 3. The van der Waals surface area contributed by atoms with Gasteiger partial charge in [0.05, 0.1) is 13.2 Å². The van der Waals surface area contributed by atoms with Crippen LogP contribution in [-0.2, 0) is 14.9 Å². The standard InChI is InChI=1S/C19H20N2O3/c20-15-6-7-16-17(12-15)24-18(22)19(16,14-4-2-1-3-5-14)13-21-8-10-23-11-9-21/h1-7,12H,8-11,13,20H2. The molecular weight excluding hydrogens is 304 g/mol. The third-order valence-corrected chi connectivity index (χ3v) is 4.85. The van der Waals surface area contributed by atoms with E-state index in [2.05, 4.69) is 4.90 Å². The third kappa shape index (κ3) is 2.37. The molecule has 0 saturated carbocycles. The molecule has 0 aliphatic carbocycles. The van der Waals surface area contributed by atoms with Crippen LogP contribution in [0.3, 0.4) is 0 Å². The van der Waals surface area contributed by atoms with Crippen LogP contribution in [0.15, 0.2) is 48.5 Å². The Balaban J connectivity index is 1.84. The number of benzene rings is 2. The minimum Gasteiger partial charge on any atom is -0.425 e. The monoisotopic (exact) mass is 324 g/mol. The average Bonchev–Trinajstić information content (AvgIpc) is 2.88. The number of hydrogen-bond acceptors (Lipinski definition) is 5. The van der Waals surface area contributed by atoms with Crippen LogP contribution in [0.25, 0.3) is 0 Å². The number of nitrogen functional groups attached to an aromatic ring is 1. The van der Waals surface area contributed by atoms with Gasteiger partial charge in [-0.3, -0.25) is 9.69 Å². The number of fused-ring (bicyclic) bond motifs is 1. The molecular formula is C19H20N2O3. The number of ether oxygens (including phenoxy) is 2. The predicted molar refractivity (Wildman–Crippen MR) is 91.0 cm³/mol. The third-order valence-electron chi connectivity index (χ3n) is 4.85. The molecule has 24 heavy (non-hydrogen) atoms. The smallest absolute Gasteiger partial charge is 0.327 e. The summed E-state index contributed by atoms with van der Waals surface area (Å²) in [6, 6.07) is 15.3. The van der Waals surface area contributed by atoms with Crippen LogP contribution < -0.4 is 10.5 Å². The van der Waals surface area contributed by atoms with E-state index in [0.717, 1.165) is 24.2 Å². The van der Waals surface area contributed by atoms with Crippen LogP contribution >= 0.6 is 0 Å². The average molecular weight is 324 g/mol. The van der Waals surface area contributed by atoms with E-state index >= 15 is 0 Å². The predicted octanol–water partition coefficient (Wildman–Crippen LogP) is 1.81. The number of morpholine rings is 1. The van der Waals surface area contributed by atoms with Crippen molar-refractivity contribution in [2.45, 2.75) is 5.41 Å². The molecule has 5 heteroatoms. The molecule has 2 aliphatic rings. The van der Waals surface area contributed by atoms with Gasteiger partial charge in [0, 0.05) is 37.0 Å². The van der Waals surface area contributed by atoms with Crippen molar-refractivity contribution in [1.82, 2.24) is 4.90 Å². The molecule has 1 saturated heterocycles. The summed E-state index contributed by atoms with van der Waals surface area (Å²) in [6.45, 7) is 3.58. The van der Waals surface area contributed by atoms with Gasteiger partial charge in [-0.15, -0.1) is 0 Å². The number of nitrogens with two attached hydrogens (primary N) is 1. The highest BCUT2D eigenvalue weighted by atomic mass is 16.5. The lowest BCUT2D eigenvalue weighted by atomic mass is 9.75. The van der Waals surface area contributed by atoms with Gasteiger partial charge < -0.3 is 15.2 Å². The van der Waals surface area contributed by atoms with Gasteiger partial charge in [-0.05, 0) is 11.6 Å². The number of carbonyl (C=O) groups is 1. The Kier molecular flexibility index (Phi) is 3.75. The van der Waals surface area contributed by atoms with Crippen LogP contribution in [0.1, 0.15) is 11.1 Å². The van der Waals surface area contributed by atoms with Gasteiger partial charge in [0.1, 0.15) is 11.2 Å². The van der Waals surface area contributed by atoms with E-state index in [4.69, 9.17) is 15.2 Å². The van der Waals surface area contributed by atoms with E-state index in [9.17, 15) is 4.79 Å². The first-order chi connectivity index (χ1) is 11.7. The van der Waals surface area contributed by atoms with E-state index in [1.807, 2.05) is 42.5 Å². The molecule has 2 aromatic carbocycles. The van der Waals surface area contributed by atoms with Crippen molar-refractivity contribution in [3.05, 3.63) is 59.7 Å². The lowest BCUT2D eigenvalue weighted by Crippen LogP contribution is -2.49. The normalized spacial score (nSPS) is 23.8. The summed E-state index contributed by atoms with van der Waals surface area (Å²) in [6.07, 6.45) is 0. The Hall–Kier alpha value is -2.37. The molecule has 2 aromatic rings. The Morgan fingerprint density at radius 1 is 1.08 bits per heavy atom.